The highest BCUT2D eigenvalue weighted by molar-refractivity contribution is 6.14. The Morgan fingerprint density at radius 1 is 0.333 bits per heavy atom. The van der Waals surface area contributed by atoms with Crippen molar-refractivity contribution in [2.45, 2.75) is 6.92 Å². The van der Waals surface area contributed by atoms with Crippen LogP contribution in [0.3, 0.4) is 0 Å². The molecule has 0 radical (unpaired) electrons. The summed E-state index contributed by atoms with van der Waals surface area (Å²) in [6, 6.07) is 74.7. The van der Waals surface area contributed by atoms with Crippen molar-refractivity contribution in [3.63, 3.8) is 0 Å². The Balaban J connectivity index is 1.01. The van der Waals surface area contributed by atoms with E-state index in [1.54, 1.807) is 0 Å². The van der Waals surface area contributed by atoms with Gasteiger partial charge in [0.1, 0.15) is 11.3 Å². The normalized spacial score (nSPS) is 11.6. The highest BCUT2D eigenvalue weighted by atomic mass is 16.3. The zero-order valence-corrected chi connectivity index (χ0v) is 31.5. The van der Waals surface area contributed by atoms with Gasteiger partial charge in [-0.1, -0.05) is 158 Å². The summed E-state index contributed by atoms with van der Waals surface area (Å²) in [5.74, 6) is 0.921. The van der Waals surface area contributed by atoms with Crippen molar-refractivity contribution >= 4 is 71.1 Å². The predicted octanol–water partition coefficient (Wildman–Crippen LogP) is 15.8. The van der Waals surface area contributed by atoms with Crippen molar-refractivity contribution in [1.82, 2.24) is 0 Å². The van der Waals surface area contributed by atoms with E-state index in [2.05, 4.69) is 206 Å². The summed E-state index contributed by atoms with van der Waals surface area (Å²) in [6.45, 7) is 2.14. The zero-order valence-electron chi connectivity index (χ0n) is 31.5. The van der Waals surface area contributed by atoms with E-state index in [-0.39, 0.29) is 0 Å². The molecule has 268 valence electrons. The van der Waals surface area contributed by atoms with Gasteiger partial charge in [0.15, 0.2) is 0 Å². The average molecular weight is 728 g/mol. The van der Waals surface area contributed by atoms with Crippen LogP contribution < -0.4 is 4.90 Å². The number of para-hydroxylation sites is 1. The molecule has 0 aliphatic heterocycles. The Morgan fingerprint density at radius 3 is 1.56 bits per heavy atom. The number of anilines is 3. The number of nitrogens with zero attached hydrogens (tertiary/aromatic N) is 1. The van der Waals surface area contributed by atoms with Crippen LogP contribution in [-0.2, 0) is 0 Å². The minimum atomic E-state index is 0.917. The Hall–Kier alpha value is -7.42. The molecule has 0 aliphatic carbocycles. The molecule has 0 saturated heterocycles. The number of fused-ring (bicyclic) bond motifs is 7. The Labute approximate surface area is 331 Å². The molecule has 0 saturated carbocycles. The standard InChI is InChI=1S/C55H37NO/c1-36-47-15-8-9-20-54(47)57-55(36)44-14-10-13-40(34-44)37-23-28-45(29-24-37)56(53-35-42-12-3-5-17-49(42)51-18-6-7-19-52(51)53)46-30-25-38(26-31-46)41-27-32-50-43(33-41)22-21-39-11-2-4-16-48(39)50/h2-35H,1H3. The van der Waals surface area contributed by atoms with E-state index in [0.29, 0.717) is 0 Å². The van der Waals surface area contributed by atoms with Crippen LogP contribution in [0.25, 0.3) is 87.6 Å². The minimum Gasteiger partial charge on any atom is -0.456 e. The van der Waals surface area contributed by atoms with Crippen LogP contribution >= 0.6 is 0 Å². The van der Waals surface area contributed by atoms with Gasteiger partial charge in [0.2, 0.25) is 0 Å². The molecule has 0 fully saturated rings. The lowest BCUT2D eigenvalue weighted by Gasteiger charge is -2.28. The first-order chi connectivity index (χ1) is 28.2. The van der Waals surface area contributed by atoms with Crippen molar-refractivity contribution in [1.29, 1.82) is 0 Å². The maximum atomic E-state index is 6.35. The predicted molar refractivity (Wildman–Crippen MR) is 242 cm³/mol. The summed E-state index contributed by atoms with van der Waals surface area (Å²) in [6.07, 6.45) is 0. The Kier molecular flexibility index (Phi) is 7.75. The van der Waals surface area contributed by atoms with Gasteiger partial charge in [-0.05, 0) is 115 Å². The molecule has 11 rings (SSSR count). The molecule has 11 aromatic rings. The lowest BCUT2D eigenvalue weighted by atomic mass is 9.96. The highest BCUT2D eigenvalue weighted by Crippen LogP contribution is 2.43. The van der Waals surface area contributed by atoms with Gasteiger partial charge < -0.3 is 9.32 Å². The number of hydrogen-bond acceptors (Lipinski definition) is 2. The van der Waals surface area contributed by atoms with Crippen LogP contribution in [-0.4, -0.2) is 0 Å². The summed E-state index contributed by atoms with van der Waals surface area (Å²) in [5.41, 5.74) is 11.2. The van der Waals surface area contributed by atoms with Gasteiger partial charge in [0.05, 0.1) is 5.69 Å². The molecular weight excluding hydrogens is 691 g/mol. The fourth-order valence-electron chi connectivity index (χ4n) is 8.74. The second-order valence-electron chi connectivity index (χ2n) is 14.9. The van der Waals surface area contributed by atoms with Crippen molar-refractivity contribution in [3.8, 4) is 33.6 Å². The lowest BCUT2D eigenvalue weighted by molar-refractivity contribution is 0.629. The summed E-state index contributed by atoms with van der Waals surface area (Å²) < 4.78 is 6.35. The van der Waals surface area contributed by atoms with E-state index < -0.39 is 0 Å². The fourth-order valence-corrected chi connectivity index (χ4v) is 8.74. The van der Waals surface area contributed by atoms with Crippen molar-refractivity contribution < 1.29 is 4.42 Å². The zero-order chi connectivity index (χ0) is 37.9. The third kappa shape index (κ3) is 5.65. The third-order valence-electron chi connectivity index (χ3n) is 11.6. The molecule has 0 amide bonds. The van der Waals surface area contributed by atoms with E-state index in [1.807, 2.05) is 12.1 Å². The van der Waals surface area contributed by atoms with Gasteiger partial charge in [-0.25, -0.2) is 0 Å². The second-order valence-corrected chi connectivity index (χ2v) is 14.9. The molecule has 0 N–H and O–H groups in total. The molecule has 2 nitrogen and oxygen atoms in total. The van der Waals surface area contributed by atoms with E-state index in [1.165, 1.54) is 54.2 Å². The van der Waals surface area contributed by atoms with Crippen LogP contribution in [0.5, 0.6) is 0 Å². The van der Waals surface area contributed by atoms with E-state index in [4.69, 9.17) is 4.42 Å². The molecule has 57 heavy (non-hydrogen) atoms. The van der Waals surface area contributed by atoms with Crippen molar-refractivity contribution in [2.75, 3.05) is 4.90 Å². The van der Waals surface area contributed by atoms with E-state index >= 15 is 0 Å². The summed E-state index contributed by atoms with van der Waals surface area (Å²) >= 11 is 0. The molecule has 1 heterocycles. The van der Waals surface area contributed by atoms with Crippen molar-refractivity contribution in [2.24, 2.45) is 0 Å². The monoisotopic (exact) mass is 727 g/mol. The Morgan fingerprint density at radius 2 is 0.842 bits per heavy atom. The quantitative estimate of drug-likeness (QED) is 0.159. The molecular formula is C55H37NO. The minimum absolute atomic E-state index is 0.917. The third-order valence-corrected chi connectivity index (χ3v) is 11.6. The topological polar surface area (TPSA) is 16.4 Å². The van der Waals surface area contributed by atoms with Gasteiger partial charge in [-0.2, -0.15) is 0 Å². The molecule has 2 heteroatoms. The van der Waals surface area contributed by atoms with E-state index in [0.717, 1.165) is 56.0 Å². The fraction of sp³-hybridized carbons (Fsp3) is 0.0182. The summed E-state index contributed by atoms with van der Waals surface area (Å²) in [4.78, 5) is 2.41. The molecule has 0 aliphatic rings. The molecule has 0 unspecified atom stereocenters. The van der Waals surface area contributed by atoms with Crippen LogP contribution in [0.4, 0.5) is 17.1 Å². The summed E-state index contributed by atoms with van der Waals surface area (Å²) in [5, 5.41) is 11.2. The molecule has 1 aromatic heterocycles. The largest absolute Gasteiger partial charge is 0.456 e. The van der Waals surface area contributed by atoms with Gasteiger partial charge in [0.25, 0.3) is 0 Å². The smallest absolute Gasteiger partial charge is 0.138 e. The summed E-state index contributed by atoms with van der Waals surface area (Å²) in [7, 11) is 0. The number of furan rings is 1. The maximum Gasteiger partial charge on any atom is 0.138 e. The second kappa shape index (κ2) is 13.4. The number of hydrogen-bond donors (Lipinski definition) is 0. The van der Waals surface area contributed by atoms with Crippen LogP contribution in [0.1, 0.15) is 5.56 Å². The molecule has 0 bridgehead atoms. The van der Waals surface area contributed by atoms with Gasteiger partial charge in [-0.3, -0.25) is 0 Å². The van der Waals surface area contributed by atoms with Crippen LogP contribution in [0.15, 0.2) is 211 Å². The maximum absolute atomic E-state index is 6.35. The van der Waals surface area contributed by atoms with E-state index in [9.17, 15) is 0 Å². The SMILES string of the molecule is Cc1c(-c2cccc(-c3ccc(N(c4ccc(-c5ccc6c(ccc7ccccc76)c5)cc4)c4cc5ccccc5c5ccccc45)cc3)c2)oc2ccccc12. The van der Waals surface area contributed by atoms with Crippen molar-refractivity contribution in [3.05, 3.63) is 212 Å². The van der Waals surface area contributed by atoms with Crippen LogP contribution in [0.2, 0.25) is 0 Å². The van der Waals surface area contributed by atoms with Gasteiger partial charge in [0, 0.05) is 33.3 Å². The molecule has 10 aromatic carbocycles. The first kappa shape index (κ1) is 33.0. The van der Waals surface area contributed by atoms with Gasteiger partial charge in [-0.15, -0.1) is 0 Å². The average Bonchev–Trinajstić information content (AvgIpc) is 3.62. The molecule has 0 atom stereocenters. The Bertz CT molecular complexity index is 3300. The number of benzene rings is 10. The first-order valence-electron chi connectivity index (χ1n) is 19.6. The van der Waals surface area contributed by atoms with Crippen LogP contribution in [0, 0.1) is 6.92 Å². The highest BCUT2D eigenvalue weighted by Gasteiger charge is 2.19. The lowest BCUT2D eigenvalue weighted by Crippen LogP contribution is -2.10. The first-order valence-corrected chi connectivity index (χ1v) is 19.6. The molecule has 0 spiro atoms. The number of rotatable bonds is 6. The number of aryl methyl sites for hydroxylation is 1. The van der Waals surface area contributed by atoms with Gasteiger partial charge >= 0.3 is 0 Å².